The van der Waals surface area contributed by atoms with E-state index < -0.39 is 0 Å². The average Bonchev–Trinajstić information content (AvgIpc) is 3.44. The van der Waals surface area contributed by atoms with Crippen molar-refractivity contribution in [2.75, 3.05) is 11.5 Å². The summed E-state index contributed by atoms with van der Waals surface area (Å²) in [5.74, 6) is 4.05. The summed E-state index contributed by atoms with van der Waals surface area (Å²) in [5.41, 5.74) is 2.85. The number of aromatic nitrogens is 1. The molecule has 0 aliphatic carbocycles. The van der Waals surface area contributed by atoms with Crippen LogP contribution in [-0.4, -0.2) is 16.5 Å². The topological polar surface area (TPSA) is 55.1 Å². The minimum absolute atomic E-state index is 0.397. The van der Waals surface area contributed by atoms with Gasteiger partial charge < -0.3 is 9.47 Å². The number of benzene rings is 2. The molecule has 0 unspecified atom stereocenters. The van der Waals surface area contributed by atoms with E-state index in [1.807, 2.05) is 41.0 Å². The van der Waals surface area contributed by atoms with Gasteiger partial charge in [-0.25, -0.2) is 4.98 Å². The third-order valence-electron chi connectivity index (χ3n) is 4.11. The second kappa shape index (κ2) is 9.37. The zero-order valence-electron chi connectivity index (χ0n) is 15.0. The van der Waals surface area contributed by atoms with Crippen molar-refractivity contribution >= 4 is 34.9 Å². The molecule has 1 fully saturated rings. The van der Waals surface area contributed by atoms with Crippen LogP contribution in [0.2, 0.25) is 0 Å². The molecule has 3 aromatic rings. The minimum Gasteiger partial charge on any atom is -0.487 e. The smallest absolute Gasteiger partial charge is 0.140 e. The van der Waals surface area contributed by atoms with Gasteiger partial charge in [0, 0.05) is 16.9 Å². The lowest BCUT2D eigenvalue weighted by molar-refractivity contribution is 0.294. The van der Waals surface area contributed by atoms with Crippen LogP contribution in [0.15, 0.2) is 53.9 Å². The first-order valence-corrected chi connectivity index (χ1v) is 11.8. The molecule has 0 spiro atoms. The summed E-state index contributed by atoms with van der Waals surface area (Å²) in [6.45, 7) is 0.849. The predicted molar refractivity (Wildman–Crippen MR) is 116 cm³/mol. The molecule has 1 aromatic heterocycles. The van der Waals surface area contributed by atoms with Gasteiger partial charge in [0.1, 0.15) is 29.7 Å². The molecule has 2 heterocycles. The molecular formula is C21H18N2O2S3. The molecule has 1 aliphatic heterocycles. The second-order valence-corrected chi connectivity index (χ2v) is 9.76. The van der Waals surface area contributed by atoms with Gasteiger partial charge in [0.25, 0.3) is 0 Å². The van der Waals surface area contributed by atoms with E-state index >= 15 is 0 Å². The maximum Gasteiger partial charge on any atom is 0.140 e. The van der Waals surface area contributed by atoms with Crippen LogP contribution in [-0.2, 0) is 13.2 Å². The summed E-state index contributed by atoms with van der Waals surface area (Å²) >= 11 is 5.58. The highest BCUT2D eigenvalue weighted by Gasteiger charge is 2.17. The van der Waals surface area contributed by atoms with Crippen LogP contribution in [0.5, 0.6) is 11.5 Å². The van der Waals surface area contributed by atoms with Crippen molar-refractivity contribution in [1.29, 1.82) is 5.26 Å². The largest absolute Gasteiger partial charge is 0.487 e. The Morgan fingerprint density at radius 3 is 2.25 bits per heavy atom. The highest BCUT2D eigenvalue weighted by Crippen LogP contribution is 2.45. The third kappa shape index (κ3) is 5.02. The highest BCUT2D eigenvalue weighted by atomic mass is 32.2. The monoisotopic (exact) mass is 426 g/mol. The molecule has 2 aromatic carbocycles. The fourth-order valence-electron chi connectivity index (χ4n) is 2.68. The summed E-state index contributed by atoms with van der Waals surface area (Å²) < 4.78 is 12.2. The van der Waals surface area contributed by atoms with E-state index in [0.29, 0.717) is 23.4 Å². The molecule has 7 heteroatoms. The predicted octanol–water partition coefficient (Wildman–Crippen LogP) is 5.65. The van der Waals surface area contributed by atoms with Crippen molar-refractivity contribution in [2.45, 2.75) is 17.8 Å². The Labute approximate surface area is 176 Å². The second-order valence-electron chi connectivity index (χ2n) is 6.09. The summed E-state index contributed by atoms with van der Waals surface area (Å²) in [4.78, 5) is 4.56. The molecule has 28 heavy (non-hydrogen) atoms. The van der Waals surface area contributed by atoms with Crippen molar-refractivity contribution in [3.05, 3.63) is 75.7 Å². The standard InChI is InChI=1S/C21H18N2O2S3/c22-11-15-1-5-18(6-2-15)24-12-17-14-28-20(23-17)13-25-19-7-3-16(4-8-19)21-26-9-10-27-21/h1-8,14,21H,9-10,12-13H2. The Bertz CT molecular complexity index is 943. The lowest BCUT2D eigenvalue weighted by atomic mass is 10.2. The van der Waals surface area contributed by atoms with Crippen LogP contribution in [0.25, 0.3) is 0 Å². The molecule has 0 amide bonds. The Morgan fingerprint density at radius 2 is 1.57 bits per heavy atom. The van der Waals surface area contributed by atoms with E-state index in [2.05, 4.69) is 23.2 Å². The molecular weight excluding hydrogens is 408 g/mol. The normalized spacial score (nSPS) is 14.0. The first kappa shape index (κ1) is 19.2. The van der Waals surface area contributed by atoms with Crippen LogP contribution in [0, 0.1) is 11.3 Å². The first-order valence-electron chi connectivity index (χ1n) is 8.82. The van der Waals surface area contributed by atoms with Crippen molar-refractivity contribution < 1.29 is 9.47 Å². The summed E-state index contributed by atoms with van der Waals surface area (Å²) in [6.07, 6.45) is 0. The van der Waals surface area contributed by atoms with Crippen LogP contribution >= 0.6 is 34.9 Å². The minimum atomic E-state index is 0.397. The molecule has 1 aliphatic rings. The molecule has 0 atom stereocenters. The molecule has 0 N–H and O–H groups in total. The van der Waals surface area contributed by atoms with E-state index in [0.717, 1.165) is 22.2 Å². The fraction of sp³-hybridized carbons (Fsp3) is 0.238. The quantitative estimate of drug-likeness (QED) is 0.486. The van der Waals surface area contributed by atoms with Gasteiger partial charge in [-0.05, 0) is 42.0 Å². The van der Waals surface area contributed by atoms with Gasteiger partial charge in [0.2, 0.25) is 0 Å². The van der Waals surface area contributed by atoms with Crippen molar-refractivity contribution in [1.82, 2.24) is 4.98 Å². The molecule has 0 saturated carbocycles. The number of ether oxygens (including phenoxy) is 2. The molecule has 4 rings (SSSR count). The van der Waals surface area contributed by atoms with Gasteiger partial charge >= 0.3 is 0 Å². The maximum atomic E-state index is 8.82. The van der Waals surface area contributed by atoms with Crippen LogP contribution in [0.4, 0.5) is 0 Å². The lowest BCUT2D eigenvalue weighted by Crippen LogP contribution is -1.98. The van der Waals surface area contributed by atoms with Gasteiger partial charge in [0.15, 0.2) is 0 Å². The van der Waals surface area contributed by atoms with Gasteiger partial charge in [-0.15, -0.1) is 34.9 Å². The summed E-state index contributed by atoms with van der Waals surface area (Å²) in [7, 11) is 0. The Kier molecular flexibility index (Phi) is 6.42. The Balaban J connectivity index is 1.26. The van der Waals surface area contributed by atoms with Crippen LogP contribution in [0.3, 0.4) is 0 Å². The zero-order valence-corrected chi connectivity index (χ0v) is 17.5. The van der Waals surface area contributed by atoms with Crippen LogP contribution in [0.1, 0.15) is 26.4 Å². The first-order chi connectivity index (χ1) is 13.8. The number of nitriles is 1. The third-order valence-corrected chi connectivity index (χ3v) is 8.08. The van der Waals surface area contributed by atoms with E-state index in [1.165, 1.54) is 17.1 Å². The molecule has 0 bridgehead atoms. The number of nitrogens with zero attached hydrogens (tertiary/aromatic N) is 2. The van der Waals surface area contributed by atoms with E-state index in [-0.39, 0.29) is 0 Å². The highest BCUT2D eigenvalue weighted by molar-refractivity contribution is 8.19. The molecule has 142 valence electrons. The van der Waals surface area contributed by atoms with Crippen molar-refractivity contribution in [2.24, 2.45) is 0 Å². The summed E-state index contributed by atoms with van der Waals surface area (Å²) in [6, 6.07) is 17.6. The van der Waals surface area contributed by atoms with Gasteiger partial charge in [-0.3, -0.25) is 0 Å². The number of thioether (sulfide) groups is 2. The average molecular weight is 427 g/mol. The molecule has 0 radical (unpaired) electrons. The van der Waals surface area contributed by atoms with E-state index in [9.17, 15) is 0 Å². The van der Waals surface area contributed by atoms with E-state index in [1.54, 1.807) is 35.6 Å². The SMILES string of the molecule is N#Cc1ccc(OCc2csc(COc3ccc(C4SCCS4)cc3)n2)cc1. The van der Waals surface area contributed by atoms with Crippen LogP contribution < -0.4 is 9.47 Å². The fourth-order valence-corrected chi connectivity index (χ4v) is 6.23. The van der Waals surface area contributed by atoms with E-state index in [4.69, 9.17) is 14.7 Å². The Hall–Kier alpha value is -2.14. The van der Waals surface area contributed by atoms with Crippen molar-refractivity contribution in [3.63, 3.8) is 0 Å². The molecule has 1 saturated heterocycles. The summed E-state index contributed by atoms with van der Waals surface area (Å²) in [5, 5.41) is 11.7. The lowest BCUT2D eigenvalue weighted by Gasteiger charge is -2.09. The maximum absolute atomic E-state index is 8.82. The Morgan fingerprint density at radius 1 is 0.929 bits per heavy atom. The van der Waals surface area contributed by atoms with Crippen molar-refractivity contribution in [3.8, 4) is 17.6 Å². The number of hydrogen-bond acceptors (Lipinski definition) is 7. The number of hydrogen-bond donors (Lipinski definition) is 0. The number of thiazole rings is 1. The molecule has 4 nitrogen and oxygen atoms in total. The zero-order chi connectivity index (χ0) is 19.2. The van der Waals surface area contributed by atoms with Gasteiger partial charge in [-0.1, -0.05) is 12.1 Å². The van der Waals surface area contributed by atoms with Gasteiger partial charge in [0.05, 0.1) is 21.9 Å². The van der Waals surface area contributed by atoms with Gasteiger partial charge in [-0.2, -0.15) is 5.26 Å². The number of rotatable bonds is 7.